The molecule has 0 aliphatic rings. The van der Waals surface area contributed by atoms with Gasteiger partial charge in [0.05, 0.1) is 17.8 Å². The van der Waals surface area contributed by atoms with Crippen LogP contribution in [0.25, 0.3) is 55.6 Å². The zero-order chi connectivity index (χ0) is 119. The van der Waals surface area contributed by atoms with Gasteiger partial charge in [-0.15, -0.1) is 0 Å². The summed E-state index contributed by atoms with van der Waals surface area (Å²) in [4.78, 5) is 0. The number of alkyl halides is 14. The van der Waals surface area contributed by atoms with E-state index in [4.69, 9.17) is 17.8 Å². The van der Waals surface area contributed by atoms with Gasteiger partial charge in [-0.25, -0.2) is 0 Å². The van der Waals surface area contributed by atoms with Gasteiger partial charge >= 0.3 is 36.0 Å². The summed E-state index contributed by atoms with van der Waals surface area (Å²) in [5.41, 5.74) is 16.3. The number of halogens is 14. The average Bonchev–Trinajstić information content (AvgIpc) is 0.724. The van der Waals surface area contributed by atoms with Crippen LogP contribution in [0.3, 0.4) is 0 Å². The van der Waals surface area contributed by atoms with E-state index in [0.29, 0.717) is 40.5 Å². The second-order valence-corrected chi connectivity index (χ2v) is 45.5. The second kappa shape index (κ2) is 46.7. The molecule has 142 heavy (non-hydrogen) atoms. The summed E-state index contributed by atoms with van der Waals surface area (Å²) in [6.07, 6.45) is -11.6. The van der Waals surface area contributed by atoms with E-state index in [9.17, 15) is 61.5 Å². The van der Waals surface area contributed by atoms with E-state index in [2.05, 4.69) is 305 Å². The van der Waals surface area contributed by atoms with Crippen molar-refractivity contribution in [3.8, 4) is 55.6 Å². The van der Waals surface area contributed by atoms with Crippen LogP contribution in [-0.4, -0.2) is 18.3 Å². The monoisotopic (exact) mass is 1970 g/mol. The van der Waals surface area contributed by atoms with Gasteiger partial charge in [0.1, 0.15) is 0 Å². The molecule has 0 unspecified atom stereocenters. The van der Waals surface area contributed by atoms with Crippen molar-refractivity contribution in [1.29, 1.82) is 0 Å². The first-order valence-electron chi connectivity index (χ1n) is 54.1. The van der Waals surface area contributed by atoms with Crippen molar-refractivity contribution in [2.75, 3.05) is 0 Å². The third-order valence-electron chi connectivity index (χ3n) is 23.5. The maximum Gasteiger partial charge on any atom is 0.458 e. The number of hydrogen-bond donors (Lipinski definition) is 0. The quantitative estimate of drug-likeness (QED) is 0.126. The third-order valence-corrected chi connectivity index (χ3v) is 23.5. The second-order valence-electron chi connectivity index (χ2n) is 45.5. The van der Waals surface area contributed by atoms with Crippen LogP contribution in [0.1, 0.15) is 317 Å². The fourth-order valence-electron chi connectivity index (χ4n) is 16.9. The number of rotatable bonds is 9. The first-order valence-corrected chi connectivity index (χ1v) is 47.6. The molecule has 0 amide bonds. The summed E-state index contributed by atoms with van der Waals surface area (Å²) >= 11 is 0. The van der Waals surface area contributed by atoms with Gasteiger partial charge in [-0.3, -0.25) is 0 Å². The van der Waals surface area contributed by atoms with Crippen molar-refractivity contribution >= 4 is 0 Å². The maximum absolute atomic E-state index is 14.0. The Labute approximate surface area is 860 Å². The van der Waals surface area contributed by atoms with Gasteiger partial charge in [0.25, 0.3) is 0 Å². The molecule has 0 radical (unpaired) electrons. The first-order chi connectivity index (χ1) is 70.2. The summed E-state index contributed by atoms with van der Waals surface area (Å²) in [6, 6.07) is 64.3. The molecule has 0 atom stereocenters. The molecular weight excluding hydrogens is 1800 g/mol. The summed E-state index contributed by atoms with van der Waals surface area (Å²) in [7, 11) is 0. The molecule has 14 heteroatoms. The van der Waals surface area contributed by atoms with Gasteiger partial charge in [0.2, 0.25) is 0 Å². The lowest BCUT2D eigenvalue weighted by molar-refractivity contribution is -0.290. The molecule has 0 aliphatic carbocycles. The van der Waals surface area contributed by atoms with Crippen molar-refractivity contribution in [2.45, 2.75) is 327 Å². The Kier molecular flexibility index (Phi) is 32.8. The predicted octanol–water partition coefficient (Wildman–Crippen LogP) is 40.7. The molecule has 0 N–H and O–H groups in total. The fraction of sp³-hybridized carbons (Fsp3) is 0.391. The Bertz CT molecular complexity index is 6690. The van der Waals surface area contributed by atoms with Gasteiger partial charge < -0.3 is 0 Å². The van der Waals surface area contributed by atoms with E-state index in [1.165, 1.54) is 96.1 Å². The fourth-order valence-corrected chi connectivity index (χ4v) is 16.9. The van der Waals surface area contributed by atoms with Gasteiger partial charge in [0, 0.05) is 23.6 Å². The van der Waals surface area contributed by atoms with Crippen LogP contribution in [-0.2, 0) is 66.5 Å². The summed E-state index contributed by atoms with van der Waals surface area (Å²) in [5.74, 6) is -19.9. The summed E-state index contributed by atoms with van der Waals surface area (Å²) in [5, 5.41) is 0. The SMILES string of the molecule is CC(C)(C)c1c(C(F)(F)C(C)(F)F)cccc1C(F)(F)C(F)(F)F.CC(C)(C)c1cc(-c2ccccc2)cc(-c2ccccc2)c1.CC(C)(C)c1ccccc1C(F)(F)C(F)(F)F.Cc1cccc(C)c1C(C)(C)C.Cc1cccc(C)c1C(C)(C)C.Cc1ccccc1C(C)(C)C.[2H]c1c([2H])c(-c2cccc(C(C)(C)C)c2C(C)(C)C)c([2H])c([2H])c1C.[2H]c1c([2H])c([2H])c(-c2cc(-c3c([2H])c([2H])c([2H])c(C)c3[2H])cc(C(C)(C)C)c2)c([2H])c1[2H]. The molecule has 13 aromatic rings. The highest BCUT2D eigenvalue weighted by Crippen LogP contribution is 2.54. The van der Waals surface area contributed by atoms with E-state index in [0.717, 1.165) is 43.5 Å². The molecule has 13 rings (SSSR count). The molecule has 0 nitrogen and oxygen atoms in total. The minimum Gasteiger partial charge on any atom is -0.200 e. The zero-order valence-electron chi connectivity index (χ0n) is 103. The van der Waals surface area contributed by atoms with Crippen LogP contribution in [0.2, 0.25) is 0 Å². The van der Waals surface area contributed by atoms with Crippen molar-refractivity contribution < 1.29 is 79.3 Å². The minimum absolute atomic E-state index is 0.00215. The largest absolute Gasteiger partial charge is 0.458 e. The Balaban J connectivity index is 0.000000276. The molecule has 13 aromatic carbocycles. The molecular formula is C128H154F14. The Morgan fingerprint density at radius 1 is 0.190 bits per heavy atom. The minimum atomic E-state index is -6.06. The highest BCUT2D eigenvalue weighted by molar-refractivity contribution is 5.77. The molecule has 0 saturated heterocycles. The third kappa shape index (κ3) is 32.7. The van der Waals surface area contributed by atoms with Crippen LogP contribution in [0.15, 0.2) is 297 Å². The Hall–Kier alpha value is -11.1. The van der Waals surface area contributed by atoms with Crippen molar-refractivity contribution in [3.63, 3.8) is 0 Å². The van der Waals surface area contributed by atoms with Gasteiger partial charge in [-0.2, -0.15) is 61.5 Å². The van der Waals surface area contributed by atoms with Crippen LogP contribution < -0.4 is 0 Å². The highest BCUT2D eigenvalue weighted by Gasteiger charge is 2.63. The topological polar surface area (TPSA) is 0 Å². The number of hydrogen-bond acceptors (Lipinski definition) is 0. The van der Waals surface area contributed by atoms with E-state index < -0.39 is 87.3 Å². The van der Waals surface area contributed by atoms with Gasteiger partial charge in [0.15, 0.2) is 0 Å². The van der Waals surface area contributed by atoms with Gasteiger partial charge in [-0.1, -0.05) is 483 Å². The lowest BCUT2D eigenvalue weighted by Gasteiger charge is -2.34. The lowest BCUT2D eigenvalue weighted by Crippen LogP contribution is -2.40. The molecule has 0 fully saturated rings. The molecule has 0 heterocycles. The maximum atomic E-state index is 14.0. The highest BCUT2D eigenvalue weighted by atomic mass is 19.4. The number of aryl methyl sites for hydroxylation is 5. The van der Waals surface area contributed by atoms with Crippen molar-refractivity contribution in [2.24, 2.45) is 0 Å². The number of benzene rings is 13. The van der Waals surface area contributed by atoms with E-state index >= 15 is 0 Å². The zero-order valence-corrected chi connectivity index (χ0v) is 89.6. The van der Waals surface area contributed by atoms with Crippen molar-refractivity contribution in [3.05, 3.63) is 403 Å². The van der Waals surface area contributed by atoms with Gasteiger partial charge in [-0.05, 0) is 243 Å². The average molecular weight is 1970 g/mol. The molecule has 764 valence electrons. The van der Waals surface area contributed by atoms with Crippen LogP contribution in [0.5, 0.6) is 0 Å². The van der Waals surface area contributed by atoms with E-state index in [1.807, 2.05) is 32.9 Å². The molecule has 0 saturated carbocycles. The normalized spacial score (nSPS) is 13.8. The van der Waals surface area contributed by atoms with Crippen LogP contribution >= 0.6 is 0 Å². The Morgan fingerprint density at radius 3 is 0.838 bits per heavy atom. The summed E-state index contributed by atoms with van der Waals surface area (Å²) < 4.78 is 291. The summed E-state index contributed by atoms with van der Waals surface area (Å²) in [6.45, 7) is 68.0. The van der Waals surface area contributed by atoms with Crippen LogP contribution in [0.4, 0.5) is 61.5 Å². The predicted molar refractivity (Wildman–Crippen MR) is 575 cm³/mol. The molecule has 0 bridgehead atoms. The van der Waals surface area contributed by atoms with E-state index in [1.54, 1.807) is 52.8 Å². The van der Waals surface area contributed by atoms with E-state index in [-0.39, 0.29) is 128 Å². The first kappa shape index (κ1) is 99.6. The smallest absolute Gasteiger partial charge is 0.200 e. The Morgan fingerprint density at radius 2 is 0.493 bits per heavy atom. The molecule has 0 aromatic heterocycles. The lowest BCUT2D eigenvalue weighted by atomic mass is 9.72. The van der Waals surface area contributed by atoms with Crippen LogP contribution in [0, 0.1) is 48.5 Å². The molecule has 0 aliphatic heterocycles. The van der Waals surface area contributed by atoms with Crippen molar-refractivity contribution in [1.82, 2.24) is 0 Å². The standard InChI is InChI=1S/C23H24.C22H22.C21H28.C15H15F9.C12H13F5.2C12H18.C11H16/c1-17-9-8-12-19(13-17)21-14-20(18-10-6-5-7-11-18)15-22(16-21)23(2,3)4;1-22(2,3)21-15-19(17-10-6-4-7-11-17)14-20(16-21)18-12-8-5-9-13-18;1-15-11-13-16(14-12-15)17-9-8-10-18(20(2,3)4)19(17)21(5,6)7;1-11(2,3)10-8(13(18,19)12(4,16)17)6-5-7-9(10)14(20,21)15(22,23)24;1-10(2,3)8-6-4-5-7-9(8)11(13,14)12(15,16)17;2*1-9-7-6-8-10(2)11(9)12(3,4)5;1-9-7-5-6-8-10(9)11(2,3)4/h5-16H,1-4H3;4-16H,1-3H3;8-14H,1-7H3;5-7H,1-4H3;4-7H,1-3H3;2*6-8H,1-5H3;5-8H,1-4H3/i5D,6D,7D,8D,9D,10D,11D,12D,13D;;11D,12D,13D,14D;;;;;. The molecule has 0 spiro atoms.